The van der Waals surface area contributed by atoms with E-state index >= 15 is 0 Å². The third kappa shape index (κ3) is 3.26. The van der Waals surface area contributed by atoms with E-state index < -0.39 is 0 Å². The SMILES string of the molecule is Cc1ncsc1CN1CCC(N2CC3(CCCC3)[C@H]2c2ccccc2)CC1. The minimum absolute atomic E-state index is 0.582. The summed E-state index contributed by atoms with van der Waals surface area (Å²) in [6.45, 7) is 7.03. The molecule has 5 rings (SSSR count). The summed E-state index contributed by atoms with van der Waals surface area (Å²) in [5.74, 6) is 0. The normalized spacial score (nSPS) is 26.5. The minimum Gasteiger partial charge on any atom is -0.298 e. The number of piperidine rings is 1. The van der Waals surface area contributed by atoms with Crippen LogP contribution in [0.1, 0.15) is 60.7 Å². The summed E-state index contributed by atoms with van der Waals surface area (Å²) >= 11 is 1.81. The van der Waals surface area contributed by atoms with Crippen LogP contribution >= 0.6 is 11.3 Å². The third-order valence-electron chi connectivity index (χ3n) is 7.36. The van der Waals surface area contributed by atoms with E-state index in [-0.39, 0.29) is 0 Å². The van der Waals surface area contributed by atoms with Crippen molar-refractivity contribution in [3.63, 3.8) is 0 Å². The van der Waals surface area contributed by atoms with E-state index in [2.05, 4.69) is 52.0 Å². The van der Waals surface area contributed by atoms with Crippen molar-refractivity contribution in [1.82, 2.24) is 14.8 Å². The average Bonchev–Trinajstić information content (AvgIpc) is 3.33. The molecule has 2 aliphatic heterocycles. The molecule has 2 aromatic rings. The number of rotatable bonds is 4. The molecule has 0 radical (unpaired) electrons. The molecule has 27 heavy (non-hydrogen) atoms. The molecule has 144 valence electrons. The molecule has 1 atom stereocenters. The van der Waals surface area contributed by atoms with Gasteiger partial charge in [0.15, 0.2) is 0 Å². The van der Waals surface area contributed by atoms with Crippen LogP contribution in [0.2, 0.25) is 0 Å². The minimum atomic E-state index is 0.582. The zero-order valence-electron chi connectivity index (χ0n) is 16.4. The van der Waals surface area contributed by atoms with Crippen LogP contribution in [0, 0.1) is 12.3 Å². The fourth-order valence-corrected chi connectivity index (χ4v) is 6.72. The smallest absolute Gasteiger partial charge is 0.0798 e. The van der Waals surface area contributed by atoms with Gasteiger partial charge in [0.1, 0.15) is 0 Å². The van der Waals surface area contributed by atoms with Gasteiger partial charge in [0.05, 0.1) is 11.2 Å². The second kappa shape index (κ2) is 7.31. The monoisotopic (exact) mass is 381 g/mol. The van der Waals surface area contributed by atoms with Crippen LogP contribution in [-0.4, -0.2) is 40.5 Å². The molecule has 1 spiro atoms. The maximum absolute atomic E-state index is 4.42. The Morgan fingerprint density at radius 1 is 1.11 bits per heavy atom. The number of aromatic nitrogens is 1. The van der Waals surface area contributed by atoms with Crippen molar-refractivity contribution in [2.75, 3.05) is 19.6 Å². The Hall–Kier alpha value is -1.23. The summed E-state index contributed by atoms with van der Waals surface area (Å²) < 4.78 is 0. The maximum Gasteiger partial charge on any atom is 0.0798 e. The Morgan fingerprint density at radius 3 is 2.52 bits per heavy atom. The zero-order chi connectivity index (χ0) is 18.3. The number of thiazole rings is 1. The van der Waals surface area contributed by atoms with Gasteiger partial charge in [-0.1, -0.05) is 43.2 Å². The van der Waals surface area contributed by atoms with Crippen LogP contribution in [0.15, 0.2) is 35.8 Å². The van der Waals surface area contributed by atoms with E-state index in [4.69, 9.17) is 0 Å². The van der Waals surface area contributed by atoms with Crippen LogP contribution in [0.4, 0.5) is 0 Å². The van der Waals surface area contributed by atoms with Crippen LogP contribution in [0.3, 0.4) is 0 Å². The maximum atomic E-state index is 4.42. The van der Waals surface area contributed by atoms with Gasteiger partial charge in [-0.25, -0.2) is 4.98 Å². The van der Waals surface area contributed by atoms with Crippen LogP contribution in [0.5, 0.6) is 0 Å². The molecule has 3 heterocycles. The first kappa shape index (κ1) is 17.8. The fraction of sp³-hybridized carbons (Fsp3) is 0.609. The molecule has 3 aliphatic rings. The fourth-order valence-electron chi connectivity index (χ4n) is 5.90. The first-order valence-corrected chi connectivity index (χ1v) is 11.6. The van der Waals surface area contributed by atoms with Gasteiger partial charge in [0.2, 0.25) is 0 Å². The number of hydrogen-bond acceptors (Lipinski definition) is 4. The topological polar surface area (TPSA) is 19.4 Å². The first-order valence-electron chi connectivity index (χ1n) is 10.7. The number of likely N-dealkylation sites (tertiary alicyclic amines) is 2. The standard InChI is InChI=1S/C23H31N3S/c1-18-21(27-17-24-18)15-25-13-9-20(10-14-25)26-16-23(11-5-6-12-23)22(26)19-7-3-2-4-8-19/h2-4,7-8,17,20,22H,5-6,9-16H2,1H3/t22-/m1/s1. The Morgan fingerprint density at radius 2 is 1.85 bits per heavy atom. The van der Waals surface area contributed by atoms with Crippen molar-refractivity contribution in [1.29, 1.82) is 0 Å². The summed E-state index contributed by atoms with van der Waals surface area (Å²) in [5, 5.41) is 0. The average molecular weight is 382 g/mol. The Bertz CT molecular complexity index is 757. The molecule has 1 aliphatic carbocycles. The summed E-state index contributed by atoms with van der Waals surface area (Å²) in [6, 6.07) is 12.8. The van der Waals surface area contributed by atoms with Crippen molar-refractivity contribution in [2.24, 2.45) is 5.41 Å². The quantitative estimate of drug-likeness (QED) is 0.740. The second-order valence-electron chi connectivity index (χ2n) is 8.92. The van der Waals surface area contributed by atoms with E-state index in [9.17, 15) is 0 Å². The van der Waals surface area contributed by atoms with Crippen LogP contribution in [0.25, 0.3) is 0 Å². The third-order valence-corrected chi connectivity index (χ3v) is 8.28. The Balaban J connectivity index is 1.26. The molecule has 2 saturated heterocycles. The van der Waals surface area contributed by atoms with Crippen molar-refractivity contribution in [2.45, 2.75) is 64.1 Å². The molecule has 0 N–H and O–H groups in total. The van der Waals surface area contributed by atoms with E-state index in [0.29, 0.717) is 11.5 Å². The summed E-state index contributed by atoms with van der Waals surface area (Å²) in [4.78, 5) is 11.4. The molecule has 1 aromatic carbocycles. The zero-order valence-corrected chi connectivity index (χ0v) is 17.3. The van der Waals surface area contributed by atoms with Gasteiger partial charge in [-0.2, -0.15) is 0 Å². The molecule has 0 bridgehead atoms. The number of hydrogen-bond donors (Lipinski definition) is 0. The van der Waals surface area contributed by atoms with Crippen LogP contribution in [-0.2, 0) is 6.54 Å². The summed E-state index contributed by atoms with van der Waals surface area (Å²) in [6.07, 6.45) is 8.38. The highest BCUT2D eigenvalue weighted by Crippen LogP contribution is 2.59. The van der Waals surface area contributed by atoms with Crippen molar-refractivity contribution < 1.29 is 0 Å². The lowest BCUT2D eigenvalue weighted by molar-refractivity contribution is -0.112. The second-order valence-corrected chi connectivity index (χ2v) is 9.86. The lowest BCUT2D eigenvalue weighted by Crippen LogP contribution is -2.62. The largest absolute Gasteiger partial charge is 0.298 e. The highest BCUT2D eigenvalue weighted by atomic mass is 32.1. The van der Waals surface area contributed by atoms with Crippen molar-refractivity contribution >= 4 is 11.3 Å². The lowest BCUT2D eigenvalue weighted by atomic mass is 9.66. The van der Waals surface area contributed by atoms with Crippen LogP contribution < -0.4 is 0 Å². The van der Waals surface area contributed by atoms with E-state index in [1.54, 1.807) is 5.56 Å². The molecule has 1 saturated carbocycles. The summed E-state index contributed by atoms with van der Waals surface area (Å²) in [5.41, 5.74) is 5.35. The van der Waals surface area contributed by atoms with E-state index in [1.165, 1.54) is 68.7 Å². The molecule has 0 amide bonds. The number of aryl methyl sites for hydroxylation is 1. The molecule has 3 nitrogen and oxygen atoms in total. The molecule has 3 fully saturated rings. The van der Waals surface area contributed by atoms with E-state index in [0.717, 1.165) is 12.6 Å². The number of benzene rings is 1. The van der Waals surface area contributed by atoms with Gasteiger partial charge in [0.25, 0.3) is 0 Å². The molecule has 1 aromatic heterocycles. The molecular weight excluding hydrogens is 350 g/mol. The lowest BCUT2D eigenvalue weighted by Gasteiger charge is -2.60. The molecule has 0 unspecified atom stereocenters. The van der Waals surface area contributed by atoms with Crippen molar-refractivity contribution in [3.05, 3.63) is 52.0 Å². The summed E-state index contributed by atoms with van der Waals surface area (Å²) in [7, 11) is 0. The van der Waals surface area contributed by atoms with Gasteiger partial charge >= 0.3 is 0 Å². The number of nitrogens with zero attached hydrogens (tertiary/aromatic N) is 3. The highest BCUT2D eigenvalue weighted by molar-refractivity contribution is 7.09. The van der Waals surface area contributed by atoms with Gasteiger partial charge in [-0.3, -0.25) is 9.80 Å². The predicted molar refractivity (Wildman–Crippen MR) is 112 cm³/mol. The van der Waals surface area contributed by atoms with Gasteiger partial charge < -0.3 is 0 Å². The van der Waals surface area contributed by atoms with E-state index in [1.807, 2.05) is 16.8 Å². The van der Waals surface area contributed by atoms with Crippen molar-refractivity contribution in [3.8, 4) is 0 Å². The van der Waals surface area contributed by atoms with Gasteiger partial charge in [0, 0.05) is 48.6 Å². The molecule has 4 heteroatoms. The van der Waals surface area contributed by atoms with Gasteiger partial charge in [-0.05, 0) is 38.2 Å². The highest BCUT2D eigenvalue weighted by Gasteiger charge is 2.55. The Kier molecular flexibility index (Phi) is 4.83. The predicted octanol–water partition coefficient (Wildman–Crippen LogP) is 5.03. The van der Waals surface area contributed by atoms with Gasteiger partial charge in [-0.15, -0.1) is 11.3 Å². The molecular formula is C23H31N3S. The Labute approximate surface area is 167 Å². The first-order chi connectivity index (χ1) is 13.3.